The first-order valence-corrected chi connectivity index (χ1v) is 9.01. The lowest BCUT2D eigenvalue weighted by Gasteiger charge is -2.29. The summed E-state index contributed by atoms with van der Waals surface area (Å²) in [6.45, 7) is 9.23. The van der Waals surface area contributed by atoms with Crippen molar-refractivity contribution >= 4 is 22.8 Å². The van der Waals surface area contributed by atoms with Crippen molar-refractivity contribution < 1.29 is 4.79 Å². The van der Waals surface area contributed by atoms with E-state index >= 15 is 0 Å². The Labute approximate surface area is 131 Å². The van der Waals surface area contributed by atoms with E-state index in [2.05, 4.69) is 25.7 Å². The molecule has 1 aromatic heterocycles. The lowest BCUT2D eigenvalue weighted by atomic mass is 9.77. The van der Waals surface area contributed by atoms with Gasteiger partial charge in [0, 0.05) is 19.0 Å². The summed E-state index contributed by atoms with van der Waals surface area (Å²) >= 11 is 1.60. The molecular weight excluding hydrogens is 280 g/mol. The Morgan fingerprint density at radius 3 is 2.57 bits per heavy atom. The highest BCUT2D eigenvalue weighted by Crippen LogP contribution is 2.44. The van der Waals surface area contributed by atoms with Gasteiger partial charge in [0.2, 0.25) is 0 Å². The summed E-state index contributed by atoms with van der Waals surface area (Å²) in [4.78, 5) is 19.3. The van der Waals surface area contributed by atoms with Gasteiger partial charge in [-0.25, -0.2) is 4.98 Å². The molecule has 0 N–H and O–H groups in total. The van der Waals surface area contributed by atoms with Gasteiger partial charge in [-0.1, -0.05) is 32.1 Å². The van der Waals surface area contributed by atoms with Crippen LogP contribution in [0.15, 0.2) is 0 Å². The Morgan fingerprint density at radius 2 is 1.95 bits per heavy atom. The predicted molar refractivity (Wildman–Crippen MR) is 88.5 cm³/mol. The van der Waals surface area contributed by atoms with E-state index in [1.165, 1.54) is 32.1 Å². The topological polar surface area (TPSA) is 33.2 Å². The number of nitrogens with zero attached hydrogens (tertiary/aromatic N) is 2. The van der Waals surface area contributed by atoms with Crippen molar-refractivity contribution in [1.82, 2.24) is 4.98 Å². The maximum Gasteiger partial charge on any atom is 0.186 e. The number of hydrogen-bond donors (Lipinski definition) is 0. The minimum absolute atomic E-state index is 0.395. The molecular formula is C17H26N2OS. The van der Waals surface area contributed by atoms with Crippen molar-refractivity contribution in [2.75, 3.05) is 18.0 Å². The van der Waals surface area contributed by atoms with E-state index in [-0.39, 0.29) is 0 Å². The third kappa shape index (κ3) is 3.31. The van der Waals surface area contributed by atoms with Crippen LogP contribution in [0.5, 0.6) is 0 Å². The van der Waals surface area contributed by atoms with E-state index in [0.29, 0.717) is 11.3 Å². The van der Waals surface area contributed by atoms with Crippen LogP contribution in [0.1, 0.15) is 74.2 Å². The maximum absolute atomic E-state index is 11.3. The van der Waals surface area contributed by atoms with Crippen molar-refractivity contribution in [3.63, 3.8) is 0 Å². The number of rotatable bonds is 3. The normalized spacial score (nSPS) is 24.0. The fourth-order valence-electron chi connectivity index (χ4n) is 3.35. The molecule has 1 saturated heterocycles. The van der Waals surface area contributed by atoms with Gasteiger partial charge in [0.1, 0.15) is 0 Å². The number of carbonyl (C=O) groups excluding carboxylic acids is 1. The fourth-order valence-corrected chi connectivity index (χ4v) is 4.37. The predicted octanol–water partition coefficient (Wildman–Crippen LogP) is 4.49. The molecule has 2 heterocycles. The van der Waals surface area contributed by atoms with Gasteiger partial charge >= 0.3 is 0 Å². The molecule has 2 fully saturated rings. The fraction of sp³-hybridized carbons (Fsp3) is 0.765. The molecule has 1 unspecified atom stereocenters. The van der Waals surface area contributed by atoms with Crippen molar-refractivity contribution in [3.05, 3.63) is 10.6 Å². The molecule has 116 valence electrons. The first kappa shape index (κ1) is 15.0. The average molecular weight is 306 g/mol. The lowest BCUT2D eigenvalue weighted by molar-refractivity contribution is 0.112. The maximum atomic E-state index is 11.3. The molecule has 1 aliphatic carbocycles. The standard InChI is InChI=1S/C17H26N2OS/c1-17(2,3)13-5-4-9-19(10-8-13)16-18-15(12-6-7-12)14(11-20)21-16/h11-13H,4-10H2,1-3H3. The smallest absolute Gasteiger partial charge is 0.186 e. The Kier molecular flexibility index (Phi) is 4.08. The van der Waals surface area contributed by atoms with E-state index < -0.39 is 0 Å². The molecule has 1 aromatic rings. The van der Waals surface area contributed by atoms with Gasteiger partial charge in [-0.05, 0) is 43.4 Å². The molecule has 2 aliphatic rings. The van der Waals surface area contributed by atoms with Gasteiger partial charge in [0.15, 0.2) is 11.4 Å². The number of aldehydes is 1. The molecule has 0 radical (unpaired) electrons. The largest absolute Gasteiger partial charge is 0.348 e. The van der Waals surface area contributed by atoms with Crippen LogP contribution in [-0.4, -0.2) is 24.4 Å². The molecule has 21 heavy (non-hydrogen) atoms. The first-order valence-electron chi connectivity index (χ1n) is 8.20. The van der Waals surface area contributed by atoms with Gasteiger partial charge in [-0.2, -0.15) is 0 Å². The van der Waals surface area contributed by atoms with E-state index in [1.807, 2.05) is 0 Å². The number of thiazole rings is 1. The Bertz CT molecular complexity index is 513. The van der Waals surface area contributed by atoms with Crippen LogP contribution < -0.4 is 4.90 Å². The SMILES string of the molecule is CC(C)(C)C1CCCN(c2nc(C3CC3)c(C=O)s2)CC1. The molecule has 1 saturated carbocycles. The summed E-state index contributed by atoms with van der Waals surface area (Å²) in [6.07, 6.45) is 7.19. The third-order valence-corrected chi connectivity index (χ3v) is 6.02. The third-order valence-electron chi connectivity index (χ3n) is 4.96. The molecule has 0 aromatic carbocycles. The zero-order chi connectivity index (χ0) is 15.0. The number of carbonyl (C=O) groups is 1. The van der Waals surface area contributed by atoms with Crippen LogP contribution in [0, 0.1) is 11.3 Å². The quantitative estimate of drug-likeness (QED) is 0.772. The van der Waals surface area contributed by atoms with E-state index in [1.54, 1.807) is 11.3 Å². The molecule has 4 heteroatoms. The summed E-state index contributed by atoms with van der Waals surface area (Å²) in [5.74, 6) is 1.35. The van der Waals surface area contributed by atoms with E-state index in [4.69, 9.17) is 4.98 Å². The van der Waals surface area contributed by atoms with E-state index in [0.717, 1.165) is 41.0 Å². The minimum Gasteiger partial charge on any atom is -0.348 e. The second-order valence-corrected chi connectivity index (χ2v) is 8.63. The number of hydrogen-bond acceptors (Lipinski definition) is 4. The second kappa shape index (κ2) is 5.71. The molecule has 0 spiro atoms. The lowest BCUT2D eigenvalue weighted by Crippen LogP contribution is -2.26. The van der Waals surface area contributed by atoms with Crippen molar-refractivity contribution in [2.24, 2.45) is 11.3 Å². The van der Waals surface area contributed by atoms with Gasteiger partial charge in [0.05, 0.1) is 10.6 Å². The first-order chi connectivity index (χ1) is 9.99. The summed E-state index contributed by atoms with van der Waals surface area (Å²) < 4.78 is 0. The minimum atomic E-state index is 0.395. The van der Waals surface area contributed by atoms with Crippen molar-refractivity contribution in [2.45, 2.75) is 58.8 Å². The number of aromatic nitrogens is 1. The highest BCUT2D eigenvalue weighted by atomic mass is 32.1. The summed E-state index contributed by atoms with van der Waals surface area (Å²) in [5, 5.41) is 1.08. The molecule has 3 rings (SSSR count). The van der Waals surface area contributed by atoms with Crippen LogP contribution in [0.4, 0.5) is 5.13 Å². The monoisotopic (exact) mass is 306 g/mol. The molecule has 0 bridgehead atoms. The van der Waals surface area contributed by atoms with Crippen LogP contribution in [0.2, 0.25) is 0 Å². The van der Waals surface area contributed by atoms with E-state index in [9.17, 15) is 4.79 Å². The molecule has 0 amide bonds. The Balaban J connectivity index is 1.74. The van der Waals surface area contributed by atoms with Gasteiger partial charge in [-0.15, -0.1) is 0 Å². The van der Waals surface area contributed by atoms with Gasteiger partial charge in [-0.3, -0.25) is 4.79 Å². The summed E-state index contributed by atoms with van der Waals surface area (Å²) in [7, 11) is 0. The molecule has 1 aliphatic heterocycles. The zero-order valence-corrected chi connectivity index (χ0v) is 14.2. The van der Waals surface area contributed by atoms with Crippen molar-refractivity contribution in [1.29, 1.82) is 0 Å². The van der Waals surface area contributed by atoms with Crippen LogP contribution in [-0.2, 0) is 0 Å². The van der Waals surface area contributed by atoms with Crippen LogP contribution >= 0.6 is 11.3 Å². The van der Waals surface area contributed by atoms with Gasteiger partial charge < -0.3 is 4.90 Å². The van der Waals surface area contributed by atoms with Crippen LogP contribution in [0.3, 0.4) is 0 Å². The number of anilines is 1. The Morgan fingerprint density at radius 1 is 1.19 bits per heavy atom. The zero-order valence-electron chi connectivity index (χ0n) is 13.4. The average Bonchev–Trinajstić information content (AvgIpc) is 3.22. The second-order valence-electron chi connectivity index (χ2n) is 7.62. The Hall–Kier alpha value is -0.900. The van der Waals surface area contributed by atoms with Crippen molar-refractivity contribution in [3.8, 4) is 0 Å². The molecule has 3 nitrogen and oxygen atoms in total. The molecule has 1 atom stereocenters. The van der Waals surface area contributed by atoms with Gasteiger partial charge in [0.25, 0.3) is 0 Å². The summed E-state index contributed by atoms with van der Waals surface area (Å²) in [5.41, 5.74) is 1.47. The highest BCUT2D eigenvalue weighted by Gasteiger charge is 2.32. The van der Waals surface area contributed by atoms with Crippen LogP contribution in [0.25, 0.3) is 0 Å². The highest BCUT2D eigenvalue weighted by molar-refractivity contribution is 7.17. The summed E-state index contributed by atoms with van der Waals surface area (Å²) in [6, 6.07) is 0.